The summed E-state index contributed by atoms with van der Waals surface area (Å²) in [6, 6.07) is 5.33. The zero-order valence-corrected chi connectivity index (χ0v) is 9.32. The van der Waals surface area contributed by atoms with Crippen LogP contribution >= 0.6 is 0 Å². The maximum atomic E-state index is 5.68. The Morgan fingerprint density at radius 3 is 2.67 bits per heavy atom. The van der Waals surface area contributed by atoms with Crippen molar-refractivity contribution in [3.8, 4) is 11.5 Å². The van der Waals surface area contributed by atoms with E-state index in [1.165, 1.54) is 0 Å². The SMILES string of the molecule is COCC(C)Oc1ccc(N)c(OC)c1. The number of methoxy groups -OCH3 is 2. The second kappa shape index (κ2) is 5.46. The third-order valence-corrected chi connectivity index (χ3v) is 1.94. The second-order valence-corrected chi connectivity index (χ2v) is 3.29. The Morgan fingerprint density at radius 2 is 2.07 bits per heavy atom. The topological polar surface area (TPSA) is 53.7 Å². The number of anilines is 1. The van der Waals surface area contributed by atoms with Crippen LogP contribution in [0.1, 0.15) is 6.92 Å². The van der Waals surface area contributed by atoms with Crippen LogP contribution in [0, 0.1) is 0 Å². The first kappa shape index (κ1) is 11.7. The van der Waals surface area contributed by atoms with Crippen molar-refractivity contribution in [2.24, 2.45) is 0 Å². The van der Waals surface area contributed by atoms with E-state index in [1.807, 2.05) is 13.0 Å². The van der Waals surface area contributed by atoms with Crippen molar-refractivity contribution in [2.75, 3.05) is 26.6 Å². The fraction of sp³-hybridized carbons (Fsp3) is 0.455. The van der Waals surface area contributed by atoms with E-state index >= 15 is 0 Å². The molecule has 1 aromatic carbocycles. The molecule has 1 rings (SSSR count). The van der Waals surface area contributed by atoms with E-state index < -0.39 is 0 Å². The van der Waals surface area contributed by atoms with Crippen molar-refractivity contribution in [1.29, 1.82) is 0 Å². The van der Waals surface area contributed by atoms with Gasteiger partial charge in [-0.25, -0.2) is 0 Å². The molecule has 0 amide bonds. The molecule has 0 aliphatic carbocycles. The average Bonchev–Trinajstić information content (AvgIpc) is 2.21. The molecular weight excluding hydrogens is 194 g/mol. The van der Waals surface area contributed by atoms with Gasteiger partial charge in [-0.15, -0.1) is 0 Å². The van der Waals surface area contributed by atoms with Crippen LogP contribution in [0.3, 0.4) is 0 Å². The molecule has 1 unspecified atom stereocenters. The van der Waals surface area contributed by atoms with Crippen molar-refractivity contribution >= 4 is 5.69 Å². The Balaban J connectivity index is 2.69. The highest BCUT2D eigenvalue weighted by atomic mass is 16.5. The summed E-state index contributed by atoms with van der Waals surface area (Å²) >= 11 is 0. The standard InChI is InChI=1S/C11H17NO3/c1-8(7-13-2)15-9-4-5-10(12)11(6-9)14-3/h4-6,8H,7,12H2,1-3H3. The lowest BCUT2D eigenvalue weighted by molar-refractivity contribution is 0.0919. The van der Waals surface area contributed by atoms with Gasteiger partial charge < -0.3 is 19.9 Å². The van der Waals surface area contributed by atoms with E-state index in [1.54, 1.807) is 26.4 Å². The van der Waals surface area contributed by atoms with Crippen LogP contribution in [0.2, 0.25) is 0 Å². The van der Waals surface area contributed by atoms with Crippen molar-refractivity contribution in [2.45, 2.75) is 13.0 Å². The molecular formula is C11H17NO3. The number of ether oxygens (including phenoxy) is 3. The molecule has 0 saturated carbocycles. The molecule has 1 atom stereocenters. The van der Waals surface area contributed by atoms with Crippen LogP contribution in [0.5, 0.6) is 11.5 Å². The number of nitrogen functional groups attached to an aromatic ring is 1. The quantitative estimate of drug-likeness (QED) is 0.753. The first-order valence-electron chi connectivity index (χ1n) is 4.76. The first-order valence-corrected chi connectivity index (χ1v) is 4.76. The van der Waals surface area contributed by atoms with Gasteiger partial charge in [0, 0.05) is 13.2 Å². The van der Waals surface area contributed by atoms with E-state index in [9.17, 15) is 0 Å². The van der Waals surface area contributed by atoms with Gasteiger partial charge in [0.25, 0.3) is 0 Å². The smallest absolute Gasteiger partial charge is 0.145 e. The summed E-state index contributed by atoms with van der Waals surface area (Å²) in [6.45, 7) is 2.49. The van der Waals surface area contributed by atoms with Crippen LogP contribution in [0.15, 0.2) is 18.2 Å². The summed E-state index contributed by atoms with van der Waals surface area (Å²) in [5.41, 5.74) is 6.29. The summed E-state index contributed by atoms with van der Waals surface area (Å²) in [7, 11) is 3.22. The van der Waals surface area contributed by atoms with E-state index in [2.05, 4.69) is 0 Å². The van der Waals surface area contributed by atoms with Gasteiger partial charge in [-0.2, -0.15) is 0 Å². The molecule has 0 aromatic heterocycles. The highest BCUT2D eigenvalue weighted by Crippen LogP contribution is 2.26. The number of nitrogens with two attached hydrogens (primary N) is 1. The average molecular weight is 211 g/mol. The predicted molar refractivity (Wildman–Crippen MR) is 59.4 cm³/mol. The molecule has 0 aliphatic rings. The largest absolute Gasteiger partial charge is 0.494 e. The fourth-order valence-electron chi connectivity index (χ4n) is 1.27. The lowest BCUT2D eigenvalue weighted by Gasteiger charge is -2.14. The number of hydrogen-bond acceptors (Lipinski definition) is 4. The molecule has 15 heavy (non-hydrogen) atoms. The van der Waals surface area contributed by atoms with Gasteiger partial charge in [-0.05, 0) is 19.1 Å². The number of rotatable bonds is 5. The zero-order valence-electron chi connectivity index (χ0n) is 9.32. The molecule has 0 spiro atoms. The molecule has 0 radical (unpaired) electrons. The minimum atomic E-state index is 0.00308. The van der Waals surface area contributed by atoms with E-state index in [0.29, 0.717) is 18.0 Å². The molecule has 0 bridgehead atoms. The summed E-state index contributed by atoms with van der Waals surface area (Å²) in [6.07, 6.45) is 0.00308. The highest BCUT2D eigenvalue weighted by molar-refractivity contribution is 5.55. The Hall–Kier alpha value is -1.42. The van der Waals surface area contributed by atoms with Gasteiger partial charge >= 0.3 is 0 Å². The maximum Gasteiger partial charge on any atom is 0.145 e. The van der Waals surface area contributed by atoms with Crippen molar-refractivity contribution < 1.29 is 14.2 Å². The summed E-state index contributed by atoms with van der Waals surface area (Å²) in [5, 5.41) is 0. The molecule has 0 saturated heterocycles. The Kier molecular flexibility index (Phi) is 4.24. The van der Waals surface area contributed by atoms with Gasteiger partial charge in [0.1, 0.15) is 17.6 Å². The van der Waals surface area contributed by atoms with Crippen molar-refractivity contribution in [3.63, 3.8) is 0 Å². The summed E-state index contributed by atoms with van der Waals surface area (Å²) < 4.78 is 15.7. The molecule has 1 aromatic rings. The van der Waals surface area contributed by atoms with Crippen LogP contribution < -0.4 is 15.2 Å². The molecule has 0 fully saturated rings. The molecule has 2 N–H and O–H groups in total. The minimum Gasteiger partial charge on any atom is -0.494 e. The zero-order chi connectivity index (χ0) is 11.3. The van der Waals surface area contributed by atoms with E-state index in [-0.39, 0.29) is 6.10 Å². The Labute approximate surface area is 89.9 Å². The molecule has 0 heterocycles. The Bertz CT molecular complexity index is 315. The second-order valence-electron chi connectivity index (χ2n) is 3.29. The van der Waals surface area contributed by atoms with Gasteiger partial charge in [-0.1, -0.05) is 0 Å². The molecule has 4 heteroatoms. The lowest BCUT2D eigenvalue weighted by Crippen LogP contribution is -2.17. The summed E-state index contributed by atoms with van der Waals surface area (Å²) in [4.78, 5) is 0. The van der Waals surface area contributed by atoms with Crippen LogP contribution in [-0.2, 0) is 4.74 Å². The van der Waals surface area contributed by atoms with Crippen LogP contribution in [-0.4, -0.2) is 26.9 Å². The predicted octanol–water partition coefficient (Wildman–Crippen LogP) is 1.69. The minimum absolute atomic E-state index is 0.00308. The molecule has 84 valence electrons. The summed E-state index contributed by atoms with van der Waals surface area (Å²) in [5.74, 6) is 1.35. The Morgan fingerprint density at radius 1 is 1.33 bits per heavy atom. The van der Waals surface area contributed by atoms with Gasteiger partial charge in [-0.3, -0.25) is 0 Å². The highest BCUT2D eigenvalue weighted by Gasteiger charge is 2.06. The van der Waals surface area contributed by atoms with E-state index in [4.69, 9.17) is 19.9 Å². The molecule has 0 aliphatic heterocycles. The van der Waals surface area contributed by atoms with Gasteiger partial charge in [0.2, 0.25) is 0 Å². The number of benzene rings is 1. The third-order valence-electron chi connectivity index (χ3n) is 1.94. The van der Waals surface area contributed by atoms with Crippen molar-refractivity contribution in [3.05, 3.63) is 18.2 Å². The monoisotopic (exact) mass is 211 g/mol. The molecule has 4 nitrogen and oxygen atoms in total. The normalized spacial score (nSPS) is 12.2. The number of hydrogen-bond donors (Lipinski definition) is 1. The van der Waals surface area contributed by atoms with Gasteiger partial charge in [0.05, 0.1) is 19.4 Å². The van der Waals surface area contributed by atoms with Gasteiger partial charge in [0.15, 0.2) is 0 Å². The first-order chi connectivity index (χ1) is 7.17. The maximum absolute atomic E-state index is 5.68. The lowest BCUT2D eigenvalue weighted by atomic mass is 10.3. The van der Waals surface area contributed by atoms with Crippen LogP contribution in [0.4, 0.5) is 5.69 Å². The fourth-order valence-corrected chi connectivity index (χ4v) is 1.27. The van der Waals surface area contributed by atoms with Crippen molar-refractivity contribution in [1.82, 2.24) is 0 Å². The van der Waals surface area contributed by atoms with E-state index in [0.717, 1.165) is 5.75 Å². The van der Waals surface area contributed by atoms with Crippen LogP contribution in [0.25, 0.3) is 0 Å². The third kappa shape index (κ3) is 3.32.